The lowest BCUT2D eigenvalue weighted by Crippen LogP contribution is -2.44. The fourth-order valence-electron chi connectivity index (χ4n) is 3.58. The van der Waals surface area contributed by atoms with Crippen molar-refractivity contribution in [1.29, 1.82) is 0 Å². The Bertz CT molecular complexity index is 953. The second-order valence-electron chi connectivity index (χ2n) is 8.40. The Morgan fingerprint density at radius 2 is 1.69 bits per heavy atom. The average molecular weight is 483 g/mol. The van der Waals surface area contributed by atoms with Gasteiger partial charge in [0.15, 0.2) is 0 Å². The topological polar surface area (TPSA) is 70.1 Å². The van der Waals surface area contributed by atoms with Crippen molar-refractivity contribution < 1.29 is 18.3 Å². The number of ether oxygens (including phenoxy) is 1. The first kappa shape index (κ1) is 26.8. The van der Waals surface area contributed by atoms with E-state index in [9.17, 15) is 13.5 Å². The van der Waals surface area contributed by atoms with Crippen molar-refractivity contribution >= 4 is 21.6 Å². The molecular weight excluding hydrogens is 448 g/mol. The second-order valence-corrected chi connectivity index (χ2v) is 10.9. The first-order valence-corrected chi connectivity index (χ1v) is 12.6. The van der Waals surface area contributed by atoms with Crippen LogP contribution >= 0.6 is 11.6 Å². The third kappa shape index (κ3) is 7.01. The van der Waals surface area contributed by atoms with Gasteiger partial charge in [-0.2, -0.15) is 4.31 Å². The van der Waals surface area contributed by atoms with Gasteiger partial charge in [0.1, 0.15) is 0 Å². The second kappa shape index (κ2) is 12.1. The minimum atomic E-state index is -3.62. The molecule has 1 N–H and O–H groups in total. The molecule has 2 rings (SSSR count). The Morgan fingerprint density at radius 3 is 2.25 bits per heavy atom. The number of halogens is 1. The SMILES string of the molecule is CO[C@H](CN(C)S(=O)(=O)c1ccc(C)cc1)[C@H](C)CN(Cc1ccccc1Cl)[C@@H](C)CO. The number of likely N-dealkylation sites (N-methyl/N-ethyl adjacent to an activating group) is 1. The molecule has 0 bridgehead atoms. The Hall–Kier alpha value is -1.48. The fraction of sp³-hybridized carbons (Fsp3) is 0.500. The minimum Gasteiger partial charge on any atom is -0.395 e. The zero-order chi connectivity index (χ0) is 23.9. The van der Waals surface area contributed by atoms with E-state index in [2.05, 4.69) is 4.90 Å². The molecule has 6 nitrogen and oxygen atoms in total. The van der Waals surface area contributed by atoms with Gasteiger partial charge < -0.3 is 9.84 Å². The molecule has 0 unspecified atom stereocenters. The predicted molar refractivity (Wildman–Crippen MR) is 129 cm³/mol. The first-order chi connectivity index (χ1) is 15.1. The van der Waals surface area contributed by atoms with Gasteiger partial charge in [0.05, 0.1) is 17.6 Å². The number of nitrogens with zero attached hydrogens (tertiary/aromatic N) is 2. The molecule has 0 aliphatic rings. The van der Waals surface area contributed by atoms with Crippen LogP contribution in [0.3, 0.4) is 0 Å². The van der Waals surface area contributed by atoms with Gasteiger partial charge in [-0.1, -0.05) is 54.4 Å². The zero-order valence-corrected chi connectivity index (χ0v) is 21.1. The fourth-order valence-corrected chi connectivity index (χ4v) is 4.96. The predicted octanol–water partition coefficient (Wildman–Crippen LogP) is 3.80. The quantitative estimate of drug-likeness (QED) is 0.498. The normalized spacial score (nSPS) is 15.2. The molecule has 0 aliphatic heterocycles. The average Bonchev–Trinajstić information content (AvgIpc) is 2.77. The van der Waals surface area contributed by atoms with Gasteiger partial charge in [-0.15, -0.1) is 0 Å². The molecule has 0 saturated carbocycles. The molecule has 0 heterocycles. The highest BCUT2D eigenvalue weighted by molar-refractivity contribution is 7.89. The van der Waals surface area contributed by atoms with E-state index in [0.29, 0.717) is 18.1 Å². The number of methoxy groups -OCH3 is 1. The summed E-state index contributed by atoms with van der Waals surface area (Å²) in [5.74, 6) is 0.00663. The van der Waals surface area contributed by atoms with Crippen LogP contribution in [0.25, 0.3) is 0 Å². The van der Waals surface area contributed by atoms with Gasteiger partial charge in [0, 0.05) is 44.9 Å². The van der Waals surface area contributed by atoms with Crippen LogP contribution in [-0.4, -0.2) is 68.7 Å². The van der Waals surface area contributed by atoms with Crippen LogP contribution in [0.15, 0.2) is 53.4 Å². The number of benzene rings is 2. The van der Waals surface area contributed by atoms with E-state index in [-0.39, 0.29) is 36.1 Å². The standard InChI is InChI=1S/C24H35ClN2O4S/c1-18-10-12-22(13-11-18)32(29,30)26(4)16-24(31-5)19(2)14-27(20(3)17-28)15-21-8-6-7-9-23(21)25/h6-13,19-20,24,28H,14-17H2,1-5H3/t19-,20+,24-/m1/s1. The van der Waals surface area contributed by atoms with Crippen LogP contribution in [0.5, 0.6) is 0 Å². The monoisotopic (exact) mass is 482 g/mol. The molecule has 0 radical (unpaired) electrons. The number of sulfonamides is 1. The highest BCUT2D eigenvalue weighted by Gasteiger charge is 2.28. The van der Waals surface area contributed by atoms with E-state index in [1.165, 1.54) is 4.31 Å². The van der Waals surface area contributed by atoms with E-state index in [1.54, 1.807) is 38.4 Å². The van der Waals surface area contributed by atoms with Crippen molar-refractivity contribution in [3.05, 3.63) is 64.7 Å². The van der Waals surface area contributed by atoms with Crippen molar-refractivity contribution in [2.75, 3.05) is 33.9 Å². The molecule has 32 heavy (non-hydrogen) atoms. The maximum Gasteiger partial charge on any atom is 0.242 e. The Morgan fingerprint density at radius 1 is 1.06 bits per heavy atom. The molecular formula is C24H35ClN2O4S. The maximum absolute atomic E-state index is 13.0. The highest BCUT2D eigenvalue weighted by Crippen LogP contribution is 2.22. The molecule has 0 aliphatic carbocycles. The molecule has 8 heteroatoms. The molecule has 0 saturated heterocycles. The van der Waals surface area contributed by atoms with Crippen LogP contribution in [0, 0.1) is 12.8 Å². The number of rotatable bonds is 12. The molecule has 3 atom stereocenters. The number of aliphatic hydroxyl groups excluding tert-OH is 1. The van der Waals surface area contributed by atoms with E-state index in [1.807, 2.05) is 45.0 Å². The van der Waals surface area contributed by atoms with E-state index < -0.39 is 10.0 Å². The summed E-state index contributed by atoms with van der Waals surface area (Å²) in [5, 5.41) is 10.4. The number of aryl methyl sites for hydroxylation is 1. The summed E-state index contributed by atoms with van der Waals surface area (Å²) < 4.78 is 33.0. The minimum absolute atomic E-state index is 0.00663. The summed E-state index contributed by atoms with van der Waals surface area (Å²) in [5.41, 5.74) is 1.99. The van der Waals surface area contributed by atoms with Crippen LogP contribution < -0.4 is 0 Å². The third-order valence-electron chi connectivity index (χ3n) is 5.84. The molecule has 0 amide bonds. The lowest BCUT2D eigenvalue weighted by molar-refractivity contribution is 0.0194. The summed E-state index contributed by atoms with van der Waals surface area (Å²) in [6, 6.07) is 14.4. The zero-order valence-electron chi connectivity index (χ0n) is 19.5. The van der Waals surface area contributed by atoms with Crippen molar-refractivity contribution in [1.82, 2.24) is 9.21 Å². The van der Waals surface area contributed by atoms with Crippen LogP contribution in [0.1, 0.15) is 25.0 Å². The number of hydrogen-bond acceptors (Lipinski definition) is 5. The summed E-state index contributed by atoms with van der Waals surface area (Å²) in [6.45, 7) is 7.34. The van der Waals surface area contributed by atoms with Crippen LogP contribution in [0.2, 0.25) is 5.02 Å². The van der Waals surface area contributed by atoms with Gasteiger partial charge in [-0.3, -0.25) is 4.90 Å². The van der Waals surface area contributed by atoms with Gasteiger partial charge >= 0.3 is 0 Å². The van der Waals surface area contributed by atoms with Crippen molar-refractivity contribution in [3.8, 4) is 0 Å². The van der Waals surface area contributed by atoms with Crippen molar-refractivity contribution in [3.63, 3.8) is 0 Å². The van der Waals surface area contributed by atoms with Gasteiger partial charge in [0.25, 0.3) is 0 Å². The molecule has 0 fully saturated rings. The van der Waals surface area contributed by atoms with Crippen molar-refractivity contribution in [2.24, 2.45) is 5.92 Å². The summed E-state index contributed by atoms with van der Waals surface area (Å²) >= 11 is 6.34. The molecule has 0 spiro atoms. The third-order valence-corrected chi connectivity index (χ3v) is 8.05. The lowest BCUT2D eigenvalue weighted by Gasteiger charge is -2.34. The maximum atomic E-state index is 13.0. The van der Waals surface area contributed by atoms with E-state index in [0.717, 1.165) is 11.1 Å². The Labute approximate surface area is 197 Å². The number of aliphatic hydroxyl groups is 1. The Balaban J connectivity index is 2.12. The van der Waals surface area contributed by atoms with E-state index >= 15 is 0 Å². The van der Waals surface area contributed by atoms with E-state index in [4.69, 9.17) is 16.3 Å². The molecule has 2 aromatic rings. The highest BCUT2D eigenvalue weighted by atomic mass is 35.5. The van der Waals surface area contributed by atoms with Crippen LogP contribution in [0.4, 0.5) is 0 Å². The summed E-state index contributed by atoms with van der Waals surface area (Å²) in [4.78, 5) is 2.41. The smallest absolute Gasteiger partial charge is 0.242 e. The number of hydrogen-bond donors (Lipinski definition) is 1. The summed E-state index contributed by atoms with van der Waals surface area (Å²) in [7, 11) is -0.442. The van der Waals surface area contributed by atoms with Crippen molar-refractivity contribution in [2.45, 2.75) is 44.4 Å². The summed E-state index contributed by atoms with van der Waals surface area (Å²) in [6.07, 6.45) is -0.320. The largest absolute Gasteiger partial charge is 0.395 e. The molecule has 2 aromatic carbocycles. The molecule has 178 valence electrons. The molecule has 0 aromatic heterocycles. The lowest BCUT2D eigenvalue weighted by atomic mass is 10.0. The first-order valence-electron chi connectivity index (χ1n) is 10.7. The van der Waals surface area contributed by atoms with Crippen LogP contribution in [-0.2, 0) is 21.3 Å². The van der Waals surface area contributed by atoms with Gasteiger partial charge in [-0.05, 0) is 43.5 Å². The Kier molecular flexibility index (Phi) is 10.1. The van der Waals surface area contributed by atoms with Gasteiger partial charge in [0.2, 0.25) is 10.0 Å². The van der Waals surface area contributed by atoms with Gasteiger partial charge in [-0.25, -0.2) is 8.42 Å².